The van der Waals surface area contributed by atoms with Gasteiger partial charge in [0.15, 0.2) is 0 Å². The third kappa shape index (κ3) is 6.21. The molecule has 0 radical (unpaired) electrons. The number of benzene rings is 2. The lowest BCUT2D eigenvalue weighted by atomic mass is 10.1. The van der Waals surface area contributed by atoms with Crippen LogP contribution in [-0.2, 0) is 6.42 Å². The summed E-state index contributed by atoms with van der Waals surface area (Å²) in [6.45, 7) is 1.90. The maximum atomic E-state index is 11.7. The van der Waals surface area contributed by atoms with Gasteiger partial charge >= 0.3 is 6.03 Å². The predicted molar refractivity (Wildman–Crippen MR) is 125 cm³/mol. The average Bonchev–Trinajstić information content (AvgIpc) is 3.15. The molecular formula is C22H23ClN4O3S. The van der Waals surface area contributed by atoms with E-state index in [0.29, 0.717) is 23.9 Å². The number of hydrogen-bond donors (Lipinski definition) is 4. The fourth-order valence-corrected chi connectivity index (χ4v) is 4.32. The van der Waals surface area contributed by atoms with Gasteiger partial charge in [-0.25, -0.2) is 4.79 Å². The summed E-state index contributed by atoms with van der Waals surface area (Å²) in [6.07, 6.45) is 0.830. The van der Waals surface area contributed by atoms with Crippen LogP contribution in [0.4, 0.5) is 9.80 Å². The molecule has 0 spiro atoms. The van der Waals surface area contributed by atoms with Gasteiger partial charge in [-0.15, -0.1) is 11.3 Å². The molecule has 6 N–H and O–H groups in total. The van der Waals surface area contributed by atoms with E-state index < -0.39 is 11.9 Å². The number of ether oxygens (including phenoxy) is 1. The smallest absolute Gasteiger partial charge is 0.317 e. The van der Waals surface area contributed by atoms with Crippen molar-refractivity contribution in [3.63, 3.8) is 0 Å². The van der Waals surface area contributed by atoms with E-state index in [4.69, 9.17) is 27.8 Å². The Morgan fingerprint density at radius 2 is 1.77 bits per heavy atom. The second-order valence-corrected chi connectivity index (χ2v) is 8.10. The monoisotopic (exact) mass is 458 g/mol. The van der Waals surface area contributed by atoms with E-state index in [1.54, 1.807) is 6.07 Å². The molecule has 9 heteroatoms. The van der Waals surface area contributed by atoms with Crippen LogP contribution in [0.2, 0.25) is 5.02 Å². The number of amides is 3. The van der Waals surface area contributed by atoms with Gasteiger partial charge in [0.1, 0.15) is 17.4 Å². The van der Waals surface area contributed by atoms with E-state index in [-0.39, 0.29) is 5.56 Å². The highest BCUT2D eigenvalue weighted by atomic mass is 35.5. The minimum absolute atomic E-state index is 0.204. The molecule has 0 saturated heterocycles. The van der Waals surface area contributed by atoms with E-state index in [2.05, 4.69) is 10.6 Å². The van der Waals surface area contributed by atoms with Gasteiger partial charge in [-0.3, -0.25) is 10.1 Å². The molecule has 3 aromatic rings. The lowest BCUT2D eigenvalue weighted by Gasteiger charge is -2.11. The molecule has 0 fully saturated rings. The average molecular weight is 459 g/mol. The fourth-order valence-electron chi connectivity index (χ4n) is 2.99. The van der Waals surface area contributed by atoms with E-state index in [1.165, 1.54) is 11.3 Å². The van der Waals surface area contributed by atoms with Crippen LogP contribution in [0.25, 0.3) is 10.4 Å². The summed E-state index contributed by atoms with van der Waals surface area (Å²) < 4.78 is 5.95. The second-order valence-electron chi connectivity index (χ2n) is 6.64. The molecule has 0 saturated carbocycles. The molecule has 0 bridgehead atoms. The molecular weight excluding hydrogens is 436 g/mol. The Kier molecular flexibility index (Phi) is 7.88. The molecule has 3 rings (SSSR count). The summed E-state index contributed by atoms with van der Waals surface area (Å²) in [7, 11) is 0. The quantitative estimate of drug-likeness (QED) is 0.345. The Labute approximate surface area is 189 Å². The third-order valence-corrected chi connectivity index (χ3v) is 5.90. The van der Waals surface area contributed by atoms with Crippen LogP contribution < -0.4 is 26.8 Å². The molecule has 0 aliphatic carbocycles. The highest BCUT2D eigenvalue weighted by molar-refractivity contribution is 7.20. The van der Waals surface area contributed by atoms with Crippen molar-refractivity contribution in [2.75, 3.05) is 25.0 Å². The second kappa shape index (κ2) is 10.8. The zero-order chi connectivity index (χ0) is 22.2. The number of nitrogens with two attached hydrogens (primary N) is 2. The maximum Gasteiger partial charge on any atom is 0.317 e. The number of carbonyl (C=O) groups is 2. The van der Waals surface area contributed by atoms with Gasteiger partial charge in [-0.2, -0.15) is 0 Å². The third-order valence-electron chi connectivity index (χ3n) is 4.45. The number of nitrogens with one attached hydrogen (secondary N) is 2. The first-order chi connectivity index (χ1) is 15.0. The number of para-hydroxylation sites is 1. The number of thiophene rings is 1. The molecule has 162 valence electrons. The van der Waals surface area contributed by atoms with Gasteiger partial charge in [0.2, 0.25) is 0 Å². The Bertz CT molecular complexity index is 1070. The summed E-state index contributed by atoms with van der Waals surface area (Å²) in [5.41, 5.74) is 12.7. The van der Waals surface area contributed by atoms with Crippen molar-refractivity contribution < 1.29 is 14.3 Å². The summed E-state index contributed by atoms with van der Waals surface area (Å²) in [5.74, 6) is 0.0191. The van der Waals surface area contributed by atoms with Crippen LogP contribution in [0, 0.1) is 0 Å². The van der Waals surface area contributed by atoms with Crippen molar-refractivity contribution >= 4 is 39.9 Å². The number of rotatable bonds is 10. The highest BCUT2D eigenvalue weighted by Gasteiger charge is 2.18. The van der Waals surface area contributed by atoms with Crippen molar-refractivity contribution in [2.45, 2.75) is 6.42 Å². The predicted octanol–water partition coefficient (Wildman–Crippen LogP) is 3.87. The summed E-state index contributed by atoms with van der Waals surface area (Å²) in [5, 5.41) is 6.86. The van der Waals surface area contributed by atoms with Crippen LogP contribution in [0.5, 0.6) is 5.75 Å². The molecule has 2 aromatic carbocycles. The number of primary amides is 2. The van der Waals surface area contributed by atoms with Crippen LogP contribution in [0.15, 0.2) is 54.6 Å². The largest absolute Gasteiger partial charge is 0.492 e. The molecule has 0 aliphatic heterocycles. The van der Waals surface area contributed by atoms with Gasteiger partial charge in [-0.05, 0) is 42.8 Å². The molecule has 1 aromatic heterocycles. The van der Waals surface area contributed by atoms with Crippen LogP contribution in [0.1, 0.15) is 15.9 Å². The molecule has 0 unspecified atom stereocenters. The summed E-state index contributed by atoms with van der Waals surface area (Å²) in [6, 6.07) is 16.1. The first-order valence-corrected chi connectivity index (χ1v) is 10.8. The highest BCUT2D eigenvalue weighted by Crippen LogP contribution is 2.39. The van der Waals surface area contributed by atoms with Crippen LogP contribution >= 0.6 is 22.9 Å². The van der Waals surface area contributed by atoms with Gasteiger partial charge < -0.3 is 21.5 Å². The Morgan fingerprint density at radius 1 is 1.03 bits per heavy atom. The van der Waals surface area contributed by atoms with Gasteiger partial charge in [-0.1, -0.05) is 41.9 Å². The number of hydrogen-bond acceptors (Lipinski definition) is 5. The Morgan fingerprint density at radius 3 is 2.52 bits per heavy atom. The number of anilines is 1. The van der Waals surface area contributed by atoms with E-state index in [0.717, 1.165) is 34.0 Å². The van der Waals surface area contributed by atoms with E-state index in [9.17, 15) is 9.59 Å². The first kappa shape index (κ1) is 22.6. The zero-order valence-corrected chi connectivity index (χ0v) is 18.3. The lowest BCUT2D eigenvalue weighted by molar-refractivity contribution is 0.100. The molecule has 7 nitrogen and oxygen atoms in total. The molecule has 31 heavy (non-hydrogen) atoms. The number of urea groups is 1. The van der Waals surface area contributed by atoms with Gasteiger partial charge in [0, 0.05) is 22.0 Å². The van der Waals surface area contributed by atoms with Crippen molar-refractivity contribution in [2.24, 2.45) is 11.5 Å². The van der Waals surface area contributed by atoms with Gasteiger partial charge in [0.25, 0.3) is 5.91 Å². The zero-order valence-electron chi connectivity index (χ0n) is 16.7. The lowest BCUT2D eigenvalue weighted by Crippen LogP contribution is -2.23. The standard InChI is InChI=1S/C22H23ClN4O3S/c23-17-7-3-1-5-14(17)9-10-26-11-12-30-18-8-4-2-6-15(18)19-13-16(20(24)28)21(31-19)27-22(25)29/h1-8,13,26H,9-12H2,(H2,24,28)(H3,25,27,29). The minimum atomic E-state index is -0.761. The SMILES string of the molecule is NC(=O)Nc1sc(-c2ccccc2OCCNCCc2ccccc2Cl)cc1C(N)=O. The molecule has 0 aliphatic rings. The first-order valence-electron chi connectivity index (χ1n) is 9.62. The summed E-state index contributed by atoms with van der Waals surface area (Å²) >= 11 is 7.38. The minimum Gasteiger partial charge on any atom is -0.492 e. The number of carbonyl (C=O) groups excluding carboxylic acids is 2. The van der Waals surface area contributed by atoms with E-state index >= 15 is 0 Å². The maximum absolute atomic E-state index is 11.7. The molecule has 0 atom stereocenters. The van der Waals surface area contributed by atoms with Crippen LogP contribution in [-0.4, -0.2) is 31.6 Å². The molecule has 3 amide bonds. The van der Waals surface area contributed by atoms with Crippen molar-refractivity contribution in [3.8, 4) is 16.2 Å². The molecule has 1 heterocycles. The Balaban J connectivity index is 1.60. The van der Waals surface area contributed by atoms with Crippen molar-refractivity contribution in [3.05, 3.63) is 70.7 Å². The van der Waals surface area contributed by atoms with Gasteiger partial charge in [0.05, 0.1) is 5.56 Å². The normalized spacial score (nSPS) is 10.6. The fraction of sp³-hybridized carbons (Fsp3) is 0.182. The van der Waals surface area contributed by atoms with E-state index in [1.807, 2.05) is 48.5 Å². The van der Waals surface area contributed by atoms with Crippen molar-refractivity contribution in [1.82, 2.24) is 5.32 Å². The summed E-state index contributed by atoms with van der Waals surface area (Å²) in [4.78, 5) is 23.7. The van der Waals surface area contributed by atoms with Crippen molar-refractivity contribution in [1.29, 1.82) is 0 Å². The Hall–Kier alpha value is -3.07. The topological polar surface area (TPSA) is 119 Å². The number of halogens is 1. The van der Waals surface area contributed by atoms with Crippen LogP contribution in [0.3, 0.4) is 0 Å².